The Bertz CT molecular complexity index is 1500. The number of sulfonamides is 1. The zero-order valence-corrected chi connectivity index (χ0v) is 23.3. The summed E-state index contributed by atoms with van der Waals surface area (Å²) in [5.74, 6) is -0.450. The lowest BCUT2D eigenvalue weighted by Gasteiger charge is -2.44. The van der Waals surface area contributed by atoms with Gasteiger partial charge in [-0.1, -0.05) is 15.9 Å². The van der Waals surface area contributed by atoms with E-state index < -0.39 is 21.4 Å². The summed E-state index contributed by atoms with van der Waals surface area (Å²) < 4.78 is 48.9. The number of Topliss-reactive ketones (excluding diaryl/α,β-unsaturated/α-hetero) is 1. The summed E-state index contributed by atoms with van der Waals surface area (Å²) in [4.78, 5) is 27.5. The van der Waals surface area contributed by atoms with E-state index in [1.165, 1.54) is 24.3 Å². The maximum Gasteiger partial charge on any atom is 0.263 e. The van der Waals surface area contributed by atoms with Gasteiger partial charge in [-0.2, -0.15) is 0 Å². The normalized spacial score (nSPS) is 16.7. The summed E-state index contributed by atoms with van der Waals surface area (Å²) in [6, 6.07) is 15.0. The molecule has 2 aliphatic rings. The topological polar surface area (TPSA) is 92.8 Å². The highest BCUT2D eigenvalue weighted by Gasteiger charge is 2.43. The average Bonchev–Trinajstić information content (AvgIpc) is 2.86. The zero-order chi connectivity index (χ0) is 26.4. The molecule has 1 saturated heterocycles. The third-order valence-corrected chi connectivity index (χ3v) is 9.45. The summed E-state index contributed by atoms with van der Waals surface area (Å²) in [5, 5.41) is 0. The lowest BCUT2D eigenvalue weighted by atomic mass is 9.82. The van der Waals surface area contributed by atoms with Gasteiger partial charge in [0.25, 0.3) is 15.9 Å². The number of nitrogens with zero attached hydrogens (tertiary/aromatic N) is 1. The van der Waals surface area contributed by atoms with E-state index in [1.807, 2.05) is 0 Å². The molecule has 0 atom stereocenters. The molecule has 1 spiro atoms. The van der Waals surface area contributed by atoms with Crippen molar-refractivity contribution in [2.75, 3.05) is 17.8 Å². The van der Waals surface area contributed by atoms with Gasteiger partial charge in [-0.05, 0) is 76.6 Å². The minimum Gasteiger partial charge on any atom is -0.486 e. The second kappa shape index (κ2) is 9.85. The number of hydrogen-bond donors (Lipinski definition) is 1. The number of carbonyl (C=O) groups excluding carboxylic acids is 2. The predicted molar refractivity (Wildman–Crippen MR) is 143 cm³/mol. The maximum atomic E-state index is 13.5. The van der Waals surface area contributed by atoms with E-state index in [-0.39, 0.29) is 28.6 Å². The Morgan fingerprint density at radius 2 is 1.70 bits per heavy atom. The smallest absolute Gasteiger partial charge is 0.263 e. The van der Waals surface area contributed by atoms with Crippen molar-refractivity contribution in [1.82, 2.24) is 4.90 Å². The molecule has 0 unspecified atom stereocenters. The number of nitrogens with one attached hydrogen (secondary N) is 1. The molecule has 1 amide bonds. The number of piperidine rings is 1. The molecule has 11 heteroatoms. The number of amides is 1. The summed E-state index contributed by atoms with van der Waals surface area (Å²) >= 11 is 6.54. The van der Waals surface area contributed by atoms with E-state index in [9.17, 15) is 22.4 Å². The van der Waals surface area contributed by atoms with Gasteiger partial charge >= 0.3 is 0 Å². The lowest BCUT2D eigenvalue weighted by Crippen LogP contribution is -2.52. The standard InChI is InChI=1S/C26H21Br2FN2O5S/c27-17-3-7-21(28)24(13-17)37(34,35)30-19-5-1-16(2-6-19)25(33)31-11-9-26(10-12-31)15-22(32)20-14-18(29)4-8-23(20)36-26/h1-8,13-14,30H,9-12,15H2. The van der Waals surface area contributed by atoms with Crippen molar-refractivity contribution >= 4 is 59.3 Å². The number of rotatable bonds is 4. The highest BCUT2D eigenvalue weighted by atomic mass is 79.9. The van der Waals surface area contributed by atoms with Crippen LogP contribution in [-0.2, 0) is 10.0 Å². The first kappa shape index (κ1) is 25.9. The number of anilines is 1. The first-order valence-corrected chi connectivity index (χ1v) is 14.5. The van der Waals surface area contributed by atoms with Crippen LogP contribution in [-0.4, -0.2) is 43.7 Å². The molecule has 3 aromatic rings. The van der Waals surface area contributed by atoms with Crippen LogP contribution in [0, 0.1) is 5.82 Å². The molecule has 0 radical (unpaired) electrons. The largest absolute Gasteiger partial charge is 0.486 e. The molecule has 0 aromatic heterocycles. The number of fused-ring (bicyclic) bond motifs is 1. The Morgan fingerprint density at radius 3 is 2.41 bits per heavy atom. The molecule has 192 valence electrons. The van der Waals surface area contributed by atoms with Gasteiger partial charge in [0.1, 0.15) is 22.1 Å². The fourth-order valence-corrected chi connectivity index (χ4v) is 7.18. The Labute approximate surface area is 230 Å². The van der Waals surface area contributed by atoms with E-state index >= 15 is 0 Å². The van der Waals surface area contributed by atoms with Crippen LogP contribution in [0.2, 0.25) is 0 Å². The van der Waals surface area contributed by atoms with Gasteiger partial charge in [0.2, 0.25) is 0 Å². The van der Waals surface area contributed by atoms with Crippen LogP contribution in [0.3, 0.4) is 0 Å². The number of hydrogen-bond acceptors (Lipinski definition) is 5. The van der Waals surface area contributed by atoms with Crippen molar-refractivity contribution in [2.24, 2.45) is 0 Å². The van der Waals surface area contributed by atoms with Crippen molar-refractivity contribution in [3.8, 4) is 5.75 Å². The molecular formula is C26H21Br2FN2O5S. The van der Waals surface area contributed by atoms with Gasteiger partial charge < -0.3 is 9.64 Å². The van der Waals surface area contributed by atoms with Crippen LogP contribution in [0.5, 0.6) is 5.75 Å². The number of likely N-dealkylation sites (tertiary alicyclic amines) is 1. The maximum absolute atomic E-state index is 13.5. The molecule has 2 heterocycles. The predicted octanol–water partition coefficient (Wildman–Crippen LogP) is 5.79. The molecular weight excluding hydrogens is 631 g/mol. The minimum absolute atomic E-state index is 0.0837. The molecule has 1 N–H and O–H groups in total. The summed E-state index contributed by atoms with van der Waals surface area (Å²) in [6.07, 6.45) is 1.09. The Hall–Kier alpha value is -2.76. The van der Waals surface area contributed by atoms with E-state index in [1.54, 1.807) is 41.3 Å². The number of ether oxygens (including phenoxy) is 1. The number of benzene rings is 3. The fraction of sp³-hybridized carbons (Fsp3) is 0.231. The van der Waals surface area contributed by atoms with Crippen molar-refractivity contribution in [3.63, 3.8) is 0 Å². The second-order valence-corrected chi connectivity index (χ2v) is 12.5. The zero-order valence-electron chi connectivity index (χ0n) is 19.3. The molecule has 0 bridgehead atoms. The minimum atomic E-state index is -3.85. The fourth-order valence-electron chi connectivity index (χ4n) is 4.62. The van der Waals surface area contributed by atoms with Crippen LogP contribution >= 0.6 is 31.9 Å². The van der Waals surface area contributed by atoms with Crippen LogP contribution in [0.15, 0.2) is 74.5 Å². The Morgan fingerprint density at radius 1 is 1.00 bits per heavy atom. The number of halogens is 3. The second-order valence-electron chi connectivity index (χ2n) is 9.08. The van der Waals surface area contributed by atoms with E-state index in [4.69, 9.17) is 4.74 Å². The highest BCUT2D eigenvalue weighted by molar-refractivity contribution is 9.11. The van der Waals surface area contributed by atoms with Gasteiger partial charge in [0.15, 0.2) is 5.78 Å². The van der Waals surface area contributed by atoms with Crippen LogP contribution < -0.4 is 9.46 Å². The van der Waals surface area contributed by atoms with Gasteiger partial charge in [-0.25, -0.2) is 12.8 Å². The first-order valence-electron chi connectivity index (χ1n) is 11.4. The van der Waals surface area contributed by atoms with Crippen molar-refractivity contribution in [1.29, 1.82) is 0 Å². The molecule has 2 aliphatic heterocycles. The summed E-state index contributed by atoms with van der Waals surface area (Å²) in [5.41, 5.74) is 0.294. The number of carbonyl (C=O) groups is 2. The van der Waals surface area contributed by atoms with Crippen molar-refractivity contribution < 1.29 is 27.1 Å². The summed E-state index contributed by atoms with van der Waals surface area (Å²) in [6.45, 7) is 0.794. The van der Waals surface area contributed by atoms with Gasteiger partial charge in [0, 0.05) is 46.1 Å². The highest BCUT2D eigenvalue weighted by Crippen LogP contribution is 2.39. The third-order valence-electron chi connectivity index (χ3n) is 6.58. The van der Waals surface area contributed by atoms with Gasteiger partial charge in [-0.15, -0.1) is 0 Å². The molecule has 0 saturated carbocycles. The quantitative estimate of drug-likeness (QED) is 0.386. The third kappa shape index (κ3) is 5.30. The first-order chi connectivity index (χ1) is 17.6. The van der Waals surface area contributed by atoms with E-state index in [2.05, 4.69) is 36.6 Å². The Balaban J connectivity index is 1.24. The average molecular weight is 652 g/mol. The van der Waals surface area contributed by atoms with Crippen molar-refractivity contribution in [2.45, 2.75) is 29.8 Å². The van der Waals surface area contributed by atoms with Gasteiger partial charge in [-0.3, -0.25) is 14.3 Å². The van der Waals surface area contributed by atoms with Crippen LogP contribution in [0.1, 0.15) is 40.0 Å². The molecule has 1 fully saturated rings. The SMILES string of the molecule is O=C1CC2(CCN(C(=O)c3ccc(NS(=O)(=O)c4cc(Br)ccc4Br)cc3)CC2)Oc2ccc(F)cc21. The van der Waals surface area contributed by atoms with Crippen molar-refractivity contribution in [3.05, 3.63) is 86.6 Å². The monoisotopic (exact) mass is 650 g/mol. The van der Waals surface area contributed by atoms with Crippen LogP contribution in [0.25, 0.3) is 0 Å². The lowest BCUT2D eigenvalue weighted by molar-refractivity contribution is -0.00580. The summed E-state index contributed by atoms with van der Waals surface area (Å²) in [7, 11) is -3.85. The van der Waals surface area contributed by atoms with Crippen LogP contribution in [0.4, 0.5) is 10.1 Å². The molecule has 37 heavy (non-hydrogen) atoms. The number of ketones is 1. The molecule has 3 aromatic carbocycles. The molecule has 0 aliphatic carbocycles. The Kier molecular flexibility index (Phi) is 6.88. The van der Waals surface area contributed by atoms with E-state index in [0.29, 0.717) is 51.9 Å². The molecule has 7 nitrogen and oxygen atoms in total. The van der Waals surface area contributed by atoms with Gasteiger partial charge in [0.05, 0.1) is 12.0 Å². The molecule has 5 rings (SSSR count). The van der Waals surface area contributed by atoms with E-state index in [0.717, 1.165) is 0 Å².